The first kappa shape index (κ1) is 19.1. The van der Waals surface area contributed by atoms with Gasteiger partial charge in [0.05, 0.1) is 23.9 Å². The summed E-state index contributed by atoms with van der Waals surface area (Å²) in [6.07, 6.45) is 5.32. The molecule has 4 heteroatoms. The molecule has 3 aromatic rings. The Hall–Kier alpha value is -2.88. The van der Waals surface area contributed by atoms with Crippen LogP contribution in [-0.2, 0) is 0 Å². The second-order valence-corrected chi connectivity index (χ2v) is 8.90. The molecule has 5 rings (SSSR count). The van der Waals surface area contributed by atoms with Crippen molar-refractivity contribution in [1.29, 1.82) is 0 Å². The molecule has 2 saturated carbocycles. The fourth-order valence-corrected chi connectivity index (χ4v) is 5.57. The van der Waals surface area contributed by atoms with Crippen LogP contribution in [-0.4, -0.2) is 24.0 Å². The maximum Gasteiger partial charge on any atom is 0.252 e. The maximum absolute atomic E-state index is 13.4. The molecule has 2 fully saturated rings. The van der Waals surface area contributed by atoms with Gasteiger partial charge in [-0.05, 0) is 80.3 Å². The van der Waals surface area contributed by atoms with Crippen LogP contribution in [0.5, 0.6) is 5.75 Å². The van der Waals surface area contributed by atoms with E-state index in [1.807, 2.05) is 54.6 Å². The second-order valence-electron chi connectivity index (χ2n) is 8.90. The van der Waals surface area contributed by atoms with Gasteiger partial charge < -0.3 is 10.1 Å². The predicted molar refractivity (Wildman–Crippen MR) is 120 cm³/mol. The van der Waals surface area contributed by atoms with E-state index >= 15 is 0 Å². The van der Waals surface area contributed by atoms with Crippen molar-refractivity contribution in [3.63, 3.8) is 0 Å². The Balaban J connectivity index is 1.46. The van der Waals surface area contributed by atoms with Crippen LogP contribution in [0.2, 0.25) is 0 Å². The van der Waals surface area contributed by atoms with E-state index in [0.717, 1.165) is 39.7 Å². The number of methoxy groups -OCH3 is 1. The SMILES string of the molecule is COc1ccc(-c2cc(C(=O)NC(C)C3CC4CCC3C4)c3ccccc3n2)cc1. The number of hydrogen-bond acceptors (Lipinski definition) is 3. The summed E-state index contributed by atoms with van der Waals surface area (Å²) in [7, 11) is 1.66. The van der Waals surface area contributed by atoms with Gasteiger partial charge in [0.1, 0.15) is 5.75 Å². The molecule has 0 aliphatic heterocycles. The highest BCUT2D eigenvalue weighted by atomic mass is 16.5. The number of nitrogens with zero attached hydrogens (tertiary/aromatic N) is 1. The second kappa shape index (κ2) is 7.75. The van der Waals surface area contributed by atoms with E-state index in [9.17, 15) is 4.79 Å². The average Bonchev–Trinajstić information content (AvgIpc) is 3.42. The van der Waals surface area contributed by atoms with E-state index in [2.05, 4.69) is 12.2 Å². The number of hydrogen-bond donors (Lipinski definition) is 1. The number of carbonyl (C=O) groups is 1. The third-order valence-electron chi connectivity index (χ3n) is 7.14. The van der Waals surface area contributed by atoms with E-state index in [4.69, 9.17) is 9.72 Å². The summed E-state index contributed by atoms with van der Waals surface area (Å²) in [6, 6.07) is 17.8. The van der Waals surface area contributed by atoms with E-state index in [0.29, 0.717) is 11.5 Å². The third kappa shape index (κ3) is 3.45. The molecule has 154 valence electrons. The smallest absolute Gasteiger partial charge is 0.252 e. The predicted octanol–water partition coefficient (Wildman–Crippen LogP) is 5.46. The molecule has 4 atom stereocenters. The van der Waals surface area contributed by atoms with Crippen molar-refractivity contribution in [1.82, 2.24) is 10.3 Å². The zero-order valence-corrected chi connectivity index (χ0v) is 17.6. The van der Waals surface area contributed by atoms with Crippen molar-refractivity contribution < 1.29 is 9.53 Å². The fraction of sp³-hybridized carbons (Fsp3) is 0.385. The summed E-state index contributed by atoms with van der Waals surface area (Å²) >= 11 is 0. The van der Waals surface area contributed by atoms with Crippen molar-refractivity contribution in [3.05, 3.63) is 60.2 Å². The van der Waals surface area contributed by atoms with Crippen LogP contribution in [0.1, 0.15) is 43.0 Å². The minimum absolute atomic E-state index is 0.00126. The summed E-state index contributed by atoms with van der Waals surface area (Å²) in [6.45, 7) is 2.18. The van der Waals surface area contributed by atoms with Gasteiger partial charge in [-0.3, -0.25) is 4.79 Å². The zero-order chi connectivity index (χ0) is 20.7. The molecule has 1 amide bonds. The molecule has 0 saturated heterocycles. The molecule has 2 aliphatic rings. The van der Waals surface area contributed by atoms with Gasteiger partial charge in [0.15, 0.2) is 0 Å². The van der Waals surface area contributed by atoms with Crippen molar-refractivity contribution in [2.45, 2.75) is 38.6 Å². The molecule has 4 unspecified atom stereocenters. The first-order valence-corrected chi connectivity index (χ1v) is 11.0. The summed E-state index contributed by atoms with van der Waals surface area (Å²) < 4.78 is 5.27. The van der Waals surface area contributed by atoms with E-state index in [1.165, 1.54) is 25.7 Å². The molecule has 30 heavy (non-hydrogen) atoms. The van der Waals surface area contributed by atoms with Crippen LogP contribution in [0.4, 0.5) is 0 Å². The highest BCUT2D eigenvalue weighted by Gasteiger charge is 2.42. The Morgan fingerprint density at radius 2 is 1.90 bits per heavy atom. The number of aromatic nitrogens is 1. The van der Waals surface area contributed by atoms with Crippen LogP contribution in [0.25, 0.3) is 22.2 Å². The van der Waals surface area contributed by atoms with Crippen molar-refractivity contribution in [2.24, 2.45) is 17.8 Å². The van der Waals surface area contributed by atoms with Gasteiger partial charge in [-0.2, -0.15) is 0 Å². The number of rotatable bonds is 5. The lowest BCUT2D eigenvalue weighted by molar-refractivity contribution is 0.0917. The third-order valence-corrected chi connectivity index (χ3v) is 7.14. The Bertz CT molecular complexity index is 1080. The number of nitrogens with one attached hydrogen (secondary N) is 1. The standard InChI is InChI=1S/C26H28N2O2/c1-16(22-14-17-7-8-19(22)13-17)27-26(29)23-15-25(18-9-11-20(30-2)12-10-18)28-24-6-4-3-5-21(23)24/h3-6,9-12,15-17,19,22H,7-8,13-14H2,1-2H3,(H,27,29). The highest BCUT2D eigenvalue weighted by Crippen LogP contribution is 2.49. The van der Waals surface area contributed by atoms with E-state index < -0.39 is 0 Å². The number of pyridine rings is 1. The van der Waals surface area contributed by atoms with Crippen molar-refractivity contribution >= 4 is 16.8 Å². The van der Waals surface area contributed by atoms with Crippen LogP contribution >= 0.6 is 0 Å². The quantitative estimate of drug-likeness (QED) is 0.618. The van der Waals surface area contributed by atoms with Gasteiger partial charge in [-0.1, -0.05) is 24.6 Å². The molecule has 2 aromatic carbocycles. The van der Waals surface area contributed by atoms with Gasteiger partial charge in [-0.15, -0.1) is 0 Å². The van der Waals surface area contributed by atoms with Gasteiger partial charge in [0.25, 0.3) is 5.91 Å². The Morgan fingerprint density at radius 1 is 1.10 bits per heavy atom. The first-order chi connectivity index (χ1) is 14.6. The van der Waals surface area contributed by atoms with Crippen LogP contribution < -0.4 is 10.1 Å². The lowest BCUT2D eigenvalue weighted by atomic mass is 9.84. The Labute approximate surface area is 177 Å². The van der Waals surface area contributed by atoms with Crippen molar-refractivity contribution in [2.75, 3.05) is 7.11 Å². The summed E-state index contributed by atoms with van der Waals surface area (Å²) in [5, 5.41) is 4.22. The molecule has 0 radical (unpaired) electrons. The largest absolute Gasteiger partial charge is 0.497 e. The Kier molecular flexibility index (Phi) is 4.93. The van der Waals surface area contributed by atoms with Crippen molar-refractivity contribution in [3.8, 4) is 17.0 Å². The van der Waals surface area contributed by atoms with Gasteiger partial charge in [0.2, 0.25) is 0 Å². The molecule has 4 nitrogen and oxygen atoms in total. The number of carbonyl (C=O) groups excluding carboxylic acids is 1. The minimum atomic E-state index is -0.00126. The minimum Gasteiger partial charge on any atom is -0.497 e. The zero-order valence-electron chi connectivity index (χ0n) is 17.6. The molecular formula is C26H28N2O2. The number of amides is 1. The normalized spacial score (nSPS) is 23.5. The molecule has 2 aliphatic carbocycles. The fourth-order valence-electron chi connectivity index (χ4n) is 5.57. The average molecular weight is 401 g/mol. The summed E-state index contributed by atoms with van der Waals surface area (Å²) in [5.41, 5.74) is 3.30. The van der Waals surface area contributed by atoms with Gasteiger partial charge >= 0.3 is 0 Å². The van der Waals surface area contributed by atoms with Crippen LogP contribution in [0, 0.1) is 17.8 Å². The topological polar surface area (TPSA) is 51.2 Å². The van der Waals surface area contributed by atoms with Gasteiger partial charge in [0, 0.05) is 17.0 Å². The van der Waals surface area contributed by atoms with Crippen LogP contribution in [0.15, 0.2) is 54.6 Å². The number of ether oxygens (including phenoxy) is 1. The molecule has 2 bridgehead atoms. The summed E-state index contributed by atoms with van der Waals surface area (Å²) in [5.74, 6) is 3.08. The highest BCUT2D eigenvalue weighted by molar-refractivity contribution is 6.07. The molecule has 1 aromatic heterocycles. The van der Waals surface area contributed by atoms with E-state index in [1.54, 1.807) is 7.11 Å². The molecule has 1 heterocycles. The lowest BCUT2D eigenvalue weighted by Gasteiger charge is -2.28. The monoisotopic (exact) mass is 400 g/mol. The van der Waals surface area contributed by atoms with E-state index in [-0.39, 0.29) is 11.9 Å². The number of fused-ring (bicyclic) bond motifs is 3. The van der Waals surface area contributed by atoms with Crippen LogP contribution in [0.3, 0.4) is 0 Å². The van der Waals surface area contributed by atoms with Gasteiger partial charge in [-0.25, -0.2) is 4.98 Å². The summed E-state index contributed by atoms with van der Waals surface area (Å²) in [4.78, 5) is 18.2. The number of benzene rings is 2. The lowest BCUT2D eigenvalue weighted by Crippen LogP contribution is -2.40. The molecule has 1 N–H and O–H groups in total. The Morgan fingerprint density at radius 3 is 2.60 bits per heavy atom. The maximum atomic E-state index is 13.4. The molecule has 0 spiro atoms. The number of para-hydroxylation sites is 1. The molecular weight excluding hydrogens is 372 g/mol. The first-order valence-electron chi connectivity index (χ1n) is 11.0.